The van der Waals surface area contributed by atoms with E-state index in [0.717, 1.165) is 33.0 Å². The minimum absolute atomic E-state index is 0.0662. The first-order valence-corrected chi connectivity index (χ1v) is 28.2. The Labute approximate surface area is 478 Å². The number of thioether (sulfide) groups is 2. The first-order valence-electron chi connectivity index (χ1n) is 25.4. The topological polar surface area (TPSA) is 235 Å². The summed E-state index contributed by atoms with van der Waals surface area (Å²) in [6, 6.07) is 46.8. The third-order valence-corrected chi connectivity index (χ3v) is 15.6. The number of allylic oxidation sites excluding steroid dienone is 1. The summed E-state index contributed by atoms with van der Waals surface area (Å²) < 4.78 is 23.5. The number of rotatable bonds is 22. The van der Waals surface area contributed by atoms with E-state index < -0.39 is 76.4 Å². The molecule has 0 aliphatic carbocycles. The summed E-state index contributed by atoms with van der Waals surface area (Å²) in [6.07, 6.45) is -0.180. The Kier molecular flexibility index (Phi) is 18.2. The predicted molar refractivity (Wildman–Crippen MR) is 308 cm³/mol. The van der Waals surface area contributed by atoms with Gasteiger partial charge in [0.15, 0.2) is 28.4 Å². The number of carbonyl (C=O) groups excluding carboxylic acids is 4. The lowest BCUT2D eigenvalue weighted by atomic mass is 9.77. The number of H-pyrrole nitrogens is 1. The van der Waals surface area contributed by atoms with Gasteiger partial charge in [-0.1, -0.05) is 169 Å². The van der Waals surface area contributed by atoms with Gasteiger partial charge >= 0.3 is 23.1 Å². The molecule has 0 spiro atoms. The van der Waals surface area contributed by atoms with Gasteiger partial charge in [0.25, 0.3) is 11.8 Å². The van der Waals surface area contributed by atoms with Gasteiger partial charge in [0.05, 0.1) is 6.54 Å². The van der Waals surface area contributed by atoms with Gasteiger partial charge in [0.2, 0.25) is 6.61 Å². The van der Waals surface area contributed by atoms with Gasteiger partial charge in [-0.2, -0.15) is 0 Å². The number of fused-ring (bicyclic) bond motifs is 1. The number of aromatic nitrogens is 4. The van der Waals surface area contributed by atoms with E-state index in [4.69, 9.17) is 28.8 Å². The van der Waals surface area contributed by atoms with Gasteiger partial charge in [-0.05, 0) is 65.6 Å². The van der Waals surface area contributed by atoms with E-state index in [-0.39, 0.29) is 34.6 Å². The van der Waals surface area contributed by atoms with Crippen LogP contribution in [0, 0.1) is 0 Å². The van der Waals surface area contributed by atoms with E-state index in [1.807, 2.05) is 152 Å². The van der Waals surface area contributed by atoms with Gasteiger partial charge in [-0.25, -0.2) is 19.7 Å². The predicted octanol–water partition coefficient (Wildman–Crippen LogP) is 7.77. The fraction of sp³-hybridized carbons (Fsp3) is 0.237. The van der Waals surface area contributed by atoms with E-state index in [9.17, 15) is 28.8 Å². The molecule has 0 radical (unpaired) electrons. The van der Waals surface area contributed by atoms with Crippen molar-refractivity contribution < 1.29 is 43.0 Å². The monoisotopic (exact) mass is 1150 g/mol. The Morgan fingerprint density at radius 2 is 1.37 bits per heavy atom. The number of esters is 2. The fourth-order valence-electron chi connectivity index (χ4n) is 9.06. The van der Waals surface area contributed by atoms with Crippen molar-refractivity contribution in [2.24, 2.45) is 5.16 Å². The highest BCUT2D eigenvalue weighted by Crippen LogP contribution is 2.43. The number of ether oxygens (including phenoxy) is 4. The van der Waals surface area contributed by atoms with Gasteiger partial charge in [-0.3, -0.25) is 28.6 Å². The van der Waals surface area contributed by atoms with Crippen LogP contribution in [-0.4, -0.2) is 104 Å². The first-order chi connectivity index (χ1) is 39.2. The summed E-state index contributed by atoms with van der Waals surface area (Å²) in [5.41, 5.74) is 0.415. The Balaban J connectivity index is 1.04. The van der Waals surface area contributed by atoms with E-state index in [1.165, 1.54) is 42.2 Å². The molecular formula is C59H56N8O11S3. The summed E-state index contributed by atoms with van der Waals surface area (Å²) in [6.45, 7) is 4.31. The summed E-state index contributed by atoms with van der Waals surface area (Å²) in [5.74, 6) is -2.93. The summed E-state index contributed by atoms with van der Waals surface area (Å²) in [4.78, 5) is 94.3. The van der Waals surface area contributed by atoms with Crippen molar-refractivity contribution >= 4 is 69.5 Å². The maximum absolute atomic E-state index is 14.9. The number of β-lactam (4-membered cyclic amide) rings is 1. The second-order valence-electron chi connectivity index (χ2n) is 19.2. The van der Waals surface area contributed by atoms with Crippen molar-refractivity contribution in [3.05, 3.63) is 234 Å². The number of thiazole rings is 1. The van der Waals surface area contributed by atoms with Crippen molar-refractivity contribution in [1.29, 1.82) is 0 Å². The molecule has 2 atom stereocenters. The van der Waals surface area contributed by atoms with Crippen LogP contribution in [0.4, 0.5) is 5.13 Å². The maximum Gasteiger partial charge on any atom is 0.356 e. The maximum atomic E-state index is 14.9. The van der Waals surface area contributed by atoms with Gasteiger partial charge in [-0.15, -0.1) is 28.2 Å². The number of methoxy groups -OCH3 is 2. The third-order valence-electron chi connectivity index (χ3n) is 12.8. The number of aromatic amines is 1. The first kappa shape index (κ1) is 57.3. The number of hydrogen-bond acceptors (Lipinski definition) is 18. The second kappa shape index (κ2) is 25.8. The lowest BCUT2D eigenvalue weighted by Gasteiger charge is -2.49. The number of oxime groups is 1. The van der Waals surface area contributed by atoms with Crippen LogP contribution >= 0.6 is 34.9 Å². The van der Waals surface area contributed by atoms with Crippen molar-refractivity contribution in [3.8, 4) is 0 Å². The number of nitrogens with zero attached hydrogens (tertiary/aromatic N) is 5. The van der Waals surface area contributed by atoms with Crippen molar-refractivity contribution in [3.63, 3.8) is 0 Å². The average molecular weight is 1150 g/mol. The SMILES string of the molecule is COC(Cn1c(SC=CC2=C(C(=O)OC(c3ccccc3)c3ccccc3)N3C(=O)C(NC(=O)C(=NOCC(=O)OC(C)(C)C)c4csc(NC(c5ccccc5)(c5ccccc5)c5ccccc5)n4)C3SC2)n[nH]c(=O)c1=O)OC. The Morgan fingerprint density at radius 3 is 1.91 bits per heavy atom. The summed E-state index contributed by atoms with van der Waals surface area (Å²) in [7, 11) is 2.78. The molecule has 4 heterocycles. The standard InChI is InChI=1S/C59H56N8O11S3/c1-58(2,3)78-44(68)34-76-65-46(43-36-81-56(60-43)62-59(40-25-15-8-16-26-40,41-27-17-9-18-28-41)42-29-19-10-20-30-42)50(69)61-47-52(71)67-48(55(73)77-49(37-21-11-6-12-22-37)38-23-13-7-14-24-38)39(35-80-54(47)67)31-32-79-57-64-63-51(70)53(72)66(57)33-45(74-4)75-5/h6-32,36,45,47,49,54H,33-35H2,1-5H3,(H,60,62)(H,61,69)(H,63,70). The van der Waals surface area contributed by atoms with Crippen molar-refractivity contribution in [1.82, 2.24) is 30.0 Å². The molecule has 5 aromatic carbocycles. The molecule has 7 aromatic rings. The summed E-state index contributed by atoms with van der Waals surface area (Å²) >= 11 is 3.44. The molecule has 9 rings (SSSR count). The zero-order chi connectivity index (χ0) is 57.1. The normalized spacial score (nSPS) is 15.6. The zero-order valence-corrected chi connectivity index (χ0v) is 47.0. The largest absolute Gasteiger partial charge is 0.457 e. The zero-order valence-electron chi connectivity index (χ0n) is 44.5. The van der Waals surface area contributed by atoms with Crippen LogP contribution in [-0.2, 0) is 55.0 Å². The van der Waals surface area contributed by atoms with Gasteiger partial charge < -0.3 is 34.4 Å². The number of nitrogens with one attached hydrogen (secondary N) is 3. The number of anilines is 1. The molecule has 2 aromatic heterocycles. The lowest BCUT2D eigenvalue weighted by molar-refractivity contribution is -0.160. The molecule has 3 N–H and O–H groups in total. The molecule has 2 unspecified atom stereocenters. The smallest absolute Gasteiger partial charge is 0.356 e. The van der Waals surface area contributed by atoms with E-state index in [2.05, 4.69) is 26.0 Å². The third kappa shape index (κ3) is 13.1. The van der Waals surface area contributed by atoms with Crippen molar-refractivity contribution in [2.75, 3.05) is 31.9 Å². The quantitative estimate of drug-likeness (QED) is 0.00859. The van der Waals surface area contributed by atoms with Gasteiger partial charge in [0, 0.05) is 25.4 Å². The highest BCUT2D eigenvalue weighted by Gasteiger charge is 2.55. The molecule has 1 fully saturated rings. The van der Waals surface area contributed by atoms with E-state index in [1.54, 1.807) is 37.6 Å². The molecule has 81 heavy (non-hydrogen) atoms. The Morgan fingerprint density at radius 1 is 0.815 bits per heavy atom. The van der Waals surface area contributed by atoms with Crippen molar-refractivity contribution in [2.45, 2.75) is 67.4 Å². The van der Waals surface area contributed by atoms with Crippen LogP contribution in [0.3, 0.4) is 0 Å². The Bertz CT molecular complexity index is 3440. The number of amides is 2. The number of benzene rings is 5. The second-order valence-corrected chi connectivity index (χ2v) is 22.1. The molecule has 2 aliphatic heterocycles. The van der Waals surface area contributed by atoms with Crippen LogP contribution in [0.15, 0.2) is 200 Å². The minimum Gasteiger partial charge on any atom is -0.457 e. The van der Waals surface area contributed by atoms with Crippen LogP contribution < -0.4 is 21.8 Å². The van der Waals surface area contributed by atoms with Crippen LogP contribution in [0.1, 0.15) is 60.4 Å². The average Bonchev–Trinajstić information content (AvgIpc) is 4.10. The number of carbonyl (C=O) groups is 4. The van der Waals surface area contributed by atoms with Crippen LogP contribution in [0.25, 0.3) is 0 Å². The highest BCUT2D eigenvalue weighted by molar-refractivity contribution is 8.02. The van der Waals surface area contributed by atoms with Crippen LogP contribution in [0.2, 0.25) is 0 Å². The molecule has 22 heteroatoms. The fourth-order valence-corrected chi connectivity index (χ4v) is 11.9. The molecule has 2 aliphatic rings. The van der Waals surface area contributed by atoms with E-state index >= 15 is 0 Å². The minimum atomic E-state index is -1.20. The molecule has 2 amide bonds. The molecule has 0 saturated carbocycles. The van der Waals surface area contributed by atoms with Gasteiger partial charge in [0.1, 0.15) is 33.9 Å². The lowest BCUT2D eigenvalue weighted by Crippen LogP contribution is -2.71. The summed E-state index contributed by atoms with van der Waals surface area (Å²) in [5, 5.41) is 19.8. The molecule has 1 saturated heterocycles. The number of hydrogen-bond donors (Lipinski definition) is 3. The highest BCUT2D eigenvalue weighted by atomic mass is 32.2. The van der Waals surface area contributed by atoms with Crippen LogP contribution in [0.5, 0.6) is 0 Å². The molecule has 19 nitrogen and oxygen atoms in total. The molecule has 416 valence electrons. The molecule has 0 bridgehead atoms. The molecular weight excluding hydrogens is 1090 g/mol. The van der Waals surface area contributed by atoms with E-state index in [0.29, 0.717) is 21.8 Å². The Hall–Kier alpha value is -8.41.